The van der Waals surface area contributed by atoms with Crippen molar-refractivity contribution in [3.8, 4) is 0 Å². The van der Waals surface area contributed by atoms with Gasteiger partial charge in [-0.05, 0) is 31.5 Å². The van der Waals surface area contributed by atoms with Crippen LogP contribution >= 0.6 is 11.3 Å². The molecule has 108 valence electrons. The average Bonchev–Trinajstić information content (AvgIpc) is 2.86. The number of nitrogens with zero attached hydrogens (tertiary/aromatic N) is 2. The molecule has 2 aromatic rings. The van der Waals surface area contributed by atoms with Crippen LogP contribution in [0.5, 0.6) is 0 Å². The Balaban J connectivity index is 2.16. The van der Waals surface area contributed by atoms with Gasteiger partial charge in [-0.3, -0.25) is 0 Å². The topological polar surface area (TPSA) is 28.2 Å². The van der Waals surface area contributed by atoms with Crippen LogP contribution in [0.15, 0.2) is 30.5 Å². The van der Waals surface area contributed by atoms with Crippen LogP contribution in [-0.2, 0) is 6.54 Å². The predicted octanol–water partition coefficient (Wildman–Crippen LogP) is 4.11. The SMILES string of the molecule is CCN(c1cccc(C)c1)c1ncc(CNC(C)C)s1. The monoisotopic (exact) mass is 289 g/mol. The average molecular weight is 289 g/mol. The zero-order chi connectivity index (χ0) is 14.5. The van der Waals surface area contributed by atoms with Gasteiger partial charge in [-0.25, -0.2) is 4.98 Å². The first-order chi connectivity index (χ1) is 9.60. The molecule has 1 aromatic carbocycles. The molecule has 0 spiro atoms. The molecule has 0 bridgehead atoms. The number of hydrogen-bond donors (Lipinski definition) is 1. The Labute approximate surface area is 125 Å². The van der Waals surface area contributed by atoms with Crippen molar-refractivity contribution >= 4 is 22.2 Å². The van der Waals surface area contributed by atoms with Crippen molar-refractivity contribution in [2.45, 2.75) is 40.3 Å². The summed E-state index contributed by atoms with van der Waals surface area (Å²) in [5.74, 6) is 0. The van der Waals surface area contributed by atoms with Crippen molar-refractivity contribution in [3.05, 3.63) is 40.9 Å². The van der Waals surface area contributed by atoms with Crippen LogP contribution in [0.3, 0.4) is 0 Å². The van der Waals surface area contributed by atoms with Crippen LogP contribution in [0.1, 0.15) is 31.2 Å². The third-order valence-corrected chi connectivity index (χ3v) is 4.11. The third kappa shape index (κ3) is 3.81. The number of aromatic nitrogens is 1. The highest BCUT2D eigenvalue weighted by Gasteiger charge is 2.12. The molecule has 0 fully saturated rings. The molecule has 0 saturated carbocycles. The van der Waals surface area contributed by atoms with E-state index in [1.807, 2.05) is 6.20 Å². The van der Waals surface area contributed by atoms with Gasteiger partial charge in [-0.1, -0.05) is 26.0 Å². The first-order valence-corrected chi connectivity index (χ1v) is 7.94. The maximum atomic E-state index is 4.58. The maximum absolute atomic E-state index is 4.58. The van der Waals surface area contributed by atoms with Gasteiger partial charge in [0.15, 0.2) is 5.13 Å². The molecule has 1 heterocycles. The van der Waals surface area contributed by atoms with E-state index in [0.29, 0.717) is 6.04 Å². The minimum absolute atomic E-state index is 0.500. The Bertz CT molecular complexity index is 548. The van der Waals surface area contributed by atoms with E-state index in [0.717, 1.165) is 18.2 Å². The Kier molecular flexibility index (Phi) is 5.15. The number of anilines is 2. The van der Waals surface area contributed by atoms with Crippen molar-refractivity contribution in [2.75, 3.05) is 11.4 Å². The minimum Gasteiger partial charge on any atom is -0.318 e. The molecule has 0 saturated heterocycles. The second-order valence-electron chi connectivity index (χ2n) is 5.23. The lowest BCUT2D eigenvalue weighted by atomic mass is 10.2. The Morgan fingerprint density at radius 3 is 2.80 bits per heavy atom. The summed E-state index contributed by atoms with van der Waals surface area (Å²) in [6, 6.07) is 9.07. The summed E-state index contributed by atoms with van der Waals surface area (Å²) in [6.45, 7) is 10.4. The van der Waals surface area contributed by atoms with Crippen molar-refractivity contribution in [1.82, 2.24) is 10.3 Å². The fraction of sp³-hybridized carbons (Fsp3) is 0.438. The standard InChI is InChI=1S/C16H23N3S/c1-5-19(14-8-6-7-13(4)9-14)16-18-11-15(20-16)10-17-12(2)3/h6-9,11-12,17H,5,10H2,1-4H3. The second kappa shape index (κ2) is 6.86. The lowest BCUT2D eigenvalue weighted by Gasteiger charge is -2.20. The number of aryl methyl sites for hydroxylation is 1. The molecule has 0 aliphatic rings. The van der Waals surface area contributed by atoms with Crippen LogP contribution in [0.2, 0.25) is 0 Å². The number of thiazole rings is 1. The smallest absolute Gasteiger partial charge is 0.190 e. The van der Waals surface area contributed by atoms with E-state index >= 15 is 0 Å². The third-order valence-electron chi connectivity index (χ3n) is 3.09. The molecule has 1 N–H and O–H groups in total. The van der Waals surface area contributed by atoms with E-state index in [4.69, 9.17) is 0 Å². The van der Waals surface area contributed by atoms with Gasteiger partial charge in [0.05, 0.1) is 0 Å². The van der Waals surface area contributed by atoms with Crippen LogP contribution in [0.4, 0.5) is 10.8 Å². The van der Waals surface area contributed by atoms with Crippen LogP contribution < -0.4 is 10.2 Å². The first-order valence-electron chi connectivity index (χ1n) is 7.12. The van der Waals surface area contributed by atoms with Crippen LogP contribution in [-0.4, -0.2) is 17.6 Å². The summed E-state index contributed by atoms with van der Waals surface area (Å²) in [5.41, 5.74) is 2.49. The molecule has 0 aliphatic heterocycles. The van der Waals surface area contributed by atoms with Crippen LogP contribution in [0, 0.1) is 6.92 Å². The highest BCUT2D eigenvalue weighted by Crippen LogP contribution is 2.29. The molecule has 4 heteroatoms. The van der Waals surface area contributed by atoms with E-state index in [1.165, 1.54) is 16.1 Å². The van der Waals surface area contributed by atoms with Crippen molar-refractivity contribution < 1.29 is 0 Å². The van der Waals surface area contributed by atoms with Gasteiger partial charge in [-0.2, -0.15) is 0 Å². The highest BCUT2D eigenvalue weighted by molar-refractivity contribution is 7.15. The van der Waals surface area contributed by atoms with Crippen molar-refractivity contribution in [2.24, 2.45) is 0 Å². The molecule has 0 unspecified atom stereocenters. The molecule has 1 aromatic heterocycles. The molecule has 0 atom stereocenters. The summed E-state index contributed by atoms with van der Waals surface area (Å²) in [6.07, 6.45) is 1.98. The quantitative estimate of drug-likeness (QED) is 0.867. The van der Waals surface area contributed by atoms with E-state index in [-0.39, 0.29) is 0 Å². The summed E-state index contributed by atoms with van der Waals surface area (Å²) < 4.78 is 0. The summed E-state index contributed by atoms with van der Waals surface area (Å²) in [4.78, 5) is 8.11. The Morgan fingerprint density at radius 2 is 2.15 bits per heavy atom. The zero-order valence-corrected chi connectivity index (χ0v) is 13.5. The van der Waals surface area contributed by atoms with Gasteiger partial charge in [-0.15, -0.1) is 11.3 Å². The van der Waals surface area contributed by atoms with E-state index in [2.05, 4.69) is 67.2 Å². The van der Waals surface area contributed by atoms with Gasteiger partial charge in [0.25, 0.3) is 0 Å². The number of nitrogens with one attached hydrogen (secondary N) is 1. The van der Waals surface area contributed by atoms with Crippen molar-refractivity contribution in [1.29, 1.82) is 0 Å². The summed E-state index contributed by atoms with van der Waals surface area (Å²) >= 11 is 1.76. The second-order valence-corrected chi connectivity index (χ2v) is 6.32. The molecule has 0 aliphatic carbocycles. The van der Waals surface area contributed by atoms with Crippen molar-refractivity contribution in [3.63, 3.8) is 0 Å². The number of benzene rings is 1. The van der Waals surface area contributed by atoms with E-state index in [9.17, 15) is 0 Å². The molecule has 3 nitrogen and oxygen atoms in total. The number of rotatable bonds is 6. The Hall–Kier alpha value is -1.39. The van der Waals surface area contributed by atoms with Gasteiger partial charge in [0.1, 0.15) is 0 Å². The molecule has 0 radical (unpaired) electrons. The van der Waals surface area contributed by atoms with Gasteiger partial charge in [0.2, 0.25) is 0 Å². The van der Waals surface area contributed by atoms with Gasteiger partial charge < -0.3 is 10.2 Å². The van der Waals surface area contributed by atoms with Gasteiger partial charge in [0, 0.05) is 35.9 Å². The lowest BCUT2D eigenvalue weighted by molar-refractivity contribution is 0.593. The molecule has 0 amide bonds. The molecular weight excluding hydrogens is 266 g/mol. The van der Waals surface area contributed by atoms with E-state index in [1.54, 1.807) is 11.3 Å². The fourth-order valence-corrected chi connectivity index (χ4v) is 2.98. The molecule has 2 rings (SSSR count). The molecular formula is C16H23N3S. The summed E-state index contributed by atoms with van der Waals surface area (Å²) in [5, 5.41) is 4.50. The van der Waals surface area contributed by atoms with E-state index < -0.39 is 0 Å². The summed E-state index contributed by atoms with van der Waals surface area (Å²) in [7, 11) is 0. The largest absolute Gasteiger partial charge is 0.318 e. The zero-order valence-electron chi connectivity index (χ0n) is 12.7. The number of hydrogen-bond acceptors (Lipinski definition) is 4. The molecule has 20 heavy (non-hydrogen) atoms. The highest BCUT2D eigenvalue weighted by atomic mass is 32.1. The van der Waals surface area contributed by atoms with Crippen LogP contribution in [0.25, 0.3) is 0 Å². The predicted molar refractivity (Wildman–Crippen MR) is 87.9 cm³/mol. The Morgan fingerprint density at radius 1 is 1.35 bits per heavy atom. The maximum Gasteiger partial charge on any atom is 0.190 e. The fourth-order valence-electron chi connectivity index (χ4n) is 2.03. The lowest BCUT2D eigenvalue weighted by Crippen LogP contribution is -2.21. The minimum atomic E-state index is 0.500. The van der Waals surface area contributed by atoms with Gasteiger partial charge >= 0.3 is 0 Å². The first kappa shape index (κ1) is 15.0. The normalized spacial score (nSPS) is 11.1.